The second-order valence-electron chi connectivity index (χ2n) is 4.94. The van der Waals surface area contributed by atoms with E-state index in [9.17, 15) is 5.11 Å². The Labute approximate surface area is 89.9 Å². The first-order valence-electron chi connectivity index (χ1n) is 5.66. The van der Waals surface area contributed by atoms with Gasteiger partial charge in [0.25, 0.3) is 0 Å². The molecule has 0 spiro atoms. The average Bonchev–Trinajstić information content (AvgIpc) is 2.62. The standard InChI is InChI=1S/C13H16O2/c1-9-7-13(14,8-9)11-4-2-3-10-5-6-15-12(10)11/h2-4,9,14H,5-8H2,1H3. The van der Waals surface area contributed by atoms with E-state index < -0.39 is 5.60 Å². The summed E-state index contributed by atoms with van der Waals surface area (Å²) in [6.45, 7) is 2.94. The fourth-order valence-electron chi connectivity index (χ4n) is 2.89. The predicted octanol–water partition coefficient (Wildman–Crippen LogP) is 2.24. The Kier molecular flexibility index (Phi) is 1.84. The Morgan fingerprint density at radius 2 is 2.20 bits per heavy atom. The van der Waals surface area contributed by atoms with Crippen molar-refractivity contribution in [3.63, 3.8) is 0 Å². The van der Waals surface area contributed by atoms with E-state index in [2.05, 4.69) is 13.0 Å². The molecule has 3 rings (SSSR count). The van der Waals surface area contributed by atoms with E-state index >= 15 is 0 Å². The van der Waals surface area contributed by atoms with Crippen LogP contribution in [0.4, 0.5) is 0 Å². The van der Waals surface area contributed by atoms with Crippen molar-refractivity contribution in [1.29, 1.82) is 0 Å². The highest BCUT2D eigenvalue weighted by Gasteiger charge is 2.44. The van der Waals surface area contributed by atoms with Crippen molar-refractivity contribution in [2.75, 3.05) is 6.61 Å². The van der Waals surface area contributed by atoms with Crippen molar-refractivity contribution >= 4 is 0 Å². The zero-order valence-electron chi connectivity index (χ0n) is 8.99. The number of benzene rings is 1. The van der Waals surface area contributed by atoms with Crippen LogP contribution >= 0.6 is 0 Å². The van der Waals surface area contributed by atoms with Gasteiger partial charge in [-0.25, -0.2) is 0 Å². The van der Waals surface area contributed by atoms with E-state index in [0.29, 0.717) is 5.92 Å². The maximum absolute atomic E-state index is 10.4. The van der Waals surface area contributed by atoms with Crippen molar-refractivity contribution in [3.8, 4) is 5.75 Å². The molecule has 1 aromatic rings. The molecule has 2 aliphatic rings. The second kappa shape index (κ2) is 2.99. The number of ether oxygens (including phenoxy) is 1. The lowest BCUT2D eigenvalue weighted by Gasteiger charge is -2.43. The normalized spacial score (nSPS) is 33.1. The number of aliphatic hydroxyl groups is 1. The number of para-hydroxylation sites is 1. The van der Waals surface area contributed by atoms with Crippen molar-refractivity contribution in [3.05, 3.63) is 29.3 Å². The Morgan fingerprint density at radius 1 is 1.40 bits per heavy atom. The van der Waals surface area contributed by atoms with Gasteiger partial charge in [0.2, 0.25) is 0 Å². The van der Waals surface area contributed by atoms with Crippen LogP contribution in [0.3, 0.4) is 0 Å². The minimum Gasteiger partial charge on any atom is -0.493 e. The van der Waals surface area contributed by atoms with Crippen LogP contribution in [-0.2, 0) is 12.0 Å². The maximum atomic E-state index is 10.4. The second-order valence-corrected chi connectivity index (χ2v) is 4.94. The molecule has 80 valence electrons. The third-order valence-electron chi connectivity index (χ3n) is 3.59. The highest BCUT2D eigenvalue weighted by molar-refractivity contribution is 5.47. The first-order valence-corrected chi connectivity index (χ1v) is 5.66. The van der Waals surface area contributed by atoms with Crippen molar-refractivity contribution in [2.24, 2.45) is 5.92 Å². The largest absolute Gasteiger partial charge is 0.493 e. The quantitative estimate of drug-likeness (QED) is 0.760. The summed E-state index contributed by atoms with van der Waals surface area (Å²) in [4.78, 5) is 0. The molecule has 1 N–H and O–H groups in total. The fraction of sp³-hybridized carbons (Fsp3) is 0.538. The van der Waals surface area contributed by atoms with Crippen molar-refractivity contribution < 1.29 is 9.84 Å². The van der Waals surface area contributed by atoms with Crippen LogP contribution in [0, 0.1) is 5.92 Å². The molecule has 1 aliphatic carbocycles. The van der Waals surface area contributed by atoms with E-state index in [1.165, 1.54) is 5.56 Å². The van der Waals surface area contributed by atoms with Crippen LogP contribution in [0.15, 0.2) is 18.2 Å². The number of hydrogen-bond acceptors (Lipinski definition) is 2. The monoisotopic (exact) mass is 204 g/mol. The molecule has 1 aliphatic heterocycles. The van der Waals surface area contributed by atoms with E-state index in [0.717, 1.165) is 37.2 Å². The van der Waals surface area contributed by atoms with Gasteiger partial charge in [-0.1, -0.05) is 25.1 Å². The first kappa shape index (κ1) is 9.22. The molecule has 0 unspecified atom stereocenters. The van der Waals surface area contributed by atoms with Gasteiger partial charge >= 0.3 is 0 Å². The molecule has 2 nitrogen and oxygen atoms in total. The van der Waals surface area contributed by atoms with Crippen LogP contribution < -0.4 is 4.74 Å². The molecular weight excluding hydrogens is 188 g/mol. The maximum Gasteiger partial charge on any atom is 0.128 e. The van der Waals surface area contributed by atoms with E-state index in [1.807, 2.05) is 12.1 Å². The van der Waals surface area contributed by atoms with E-state index in [4.69, 9.17) is 4.74 Å². The van der Waals surface area contributed by atoms with E-state index in [-0.39, 0.29) is 0 Å². The molecule has 2 heteroatoms. The smallest absolute Gasteiger partial charge is 0.128 e. The van der Waals surface area contributed by atoms with Gasteiger partial charge in [-0.05, 0) is 24.3 Å². The summed E-state index contributed by atoms with van der Waals surface area (Å²) in [5.41, 5.74) is 1.64. The van der Waals surface area contributed by atoms with Gasteiger partial charge in [0.15, 0.2) is 0 Å². The third kappa shape index (κ3) is 1.28. The summed E-state index contributed by atoms with van der Waals surface area (Å²) in [5, 5.41) is 10.4. The Morgan fingerprint density at radius 3 is 2.93 bits per heavy atom. The summed E-state index contributed by atoms with van der Waals surface area (Å²) < 4.78 is 5.63. The van der Waals surface area contributed by atoms with Gasteiger partial charge in [-0.3, -0.25) is 0 Å². The Bertz CT molecular complexity index is 392. The number of rotatable bonds is 1. The van der Waals surface area contributed by atoms with Gasteiger partial charge in [0, 0.05) is 12.0 Å². The summed E-state index contributed by atoms with van der Waals surface area (Å²) >= 11 is 0. The average molecular weight is 204 g/mol. The van der Waals surface area contributed by atoms with Gasteiger partial charge < -0.3 is 9.84 Å². The lowest BCUT2D eigenvalue weighted by molar-refractivity contribution is -0.0751. The highest BCUT2D eigenvalue weighted by atomic mass is 16.5. The van der Waals surface area contributed by atoms with Crippen LogP contribution in [0.2, 0.25) is 0 Å². The lowest BCUT2D eigenvalue weighted by Crippen LogP contribution is -2.40. The molecule has 0 bridgehead atoms. The van der Waals surface area contributed by atoms with Crippen LogP contribution in [0.1, 0.15) is 30.9 Å². The minimum absolute atomic E-state index is 0.616. The van der Waals surface area contributed by atoms with Crippen LogP contribution in [-0.4, -0.2) is 11.7 Å². The molecule has 1 fully saturated rings. The number of hydrogen-bond donors (Lipinski definition) is 1. The third-order valence-corrected chi connectivity index (χ3v) is 3.59. The van der Waals surface area contributed by atoms with Gasteiger partial charge in [-0.2, -0.15) is 0 Å². The van der Waals surface area contributed by atoms with E-state index in [1.54, 1.807) is 0 Å². The SMILES string of the molecule is CC1CC(O)(c2cccc3c2OCC3)C1. The summed E-state index contributed by atoms with van der Waals surface area (Å²) in [6.07, 6.45) is 2.72. The van der Waals surface area contributed by atoms with Gasteiger partial charge in [0.05, 0.1) is 12.2 Å². The Hall–Kier alpha value is -1.02. The molecule has 0 saturated heterocycles. The molecule has 0 radical (unpaired) electrons. The van der Waals surface area contributed by atoms with Gasteiger partial charge in [-0.15, -0.1) is 0 Å². The lowest BCUT2D eigenvalue weighted by atomic mass is 9.68. The predicted molar refractivity (Wildman–Crippen MR) is 57.9 cm³/mol. The summed E-state index contributed by atoms with van der Waals surface area (Å²) in [6, 6.07) is 6.14. The fourth-order valence-corrected chi connectivity index (χ4v) is 2.89. The van der Waals surface area contributed by atoms with Crippen LogP contribution in [0.25, 0.3) is 0 Å². The molecule has 1 saturated carbocycles. The summed E-state index contributed by atoms with van der Waals surface area (Å²) in [7, 11) is 0. The molecular formula is C13H16O2. The molecule has 1 aromatic carbocycles. The van der Waals surface area contributed by atoms with Gasteiger partial charge in [0.1, 0.15) is 5.75 Å². The van der Waals surface area contributed by atoms with Crippen molar-refractivity contribution in [1.82, 2.24) is 0 Å². The zero-order chi connectivity index (χ0) is 10.5. The molecule has 1 heterocycles. The van der Waals surface area contributed by atoms with Crippen molar-refractivity contribution in [2.45, 2.75) is 31.8 Å². The zero-order valence-corrected chi connectivity index (χ0v) is 8.99. The molecule has 15 heavy (non-hydrogen) atoms. The Balaban J connectivity index is 2.02. The molecule has 0 atom stereocenters. The molecule has 0 amide bonds. The van der Waals surface area contributed by atoms with Crippen LogP contribution in [0.5, 0.6) is 5.75 Å². The molecule has 0 aromatic heterocycles. The topological polar surface area (TPSA) is 29.5 Å². The first-order chi connectivity index (χ1) is 7.19. The summed E-state index contributed by atoms with van der Waals surface area (Å²) in [5.74, 6) is 1.58. The number of fused-ring (bicyclic) bond motifs is 1. The minimum atomic E-state index is -0.616. The highest BCUT2D eigenvalue weighted by Crippen LogP contribution is 2.49.